The molecule has 0 aliphatic carbocycles. The van der Waals surface area contributed by atoms with Gasteiger partial charge in [0, 0.05) is 5.92 Å². The summed E-state index contributed by atoms with van der Waals surface area (Å²) in [6.45, 7) is 4.55. The van der Waals surface area contributed by atoms with Gasteiger partial charge in [-0.15, -0.1) is 0 Å². The van der Waals surface area contributed by atoms with Gasteiger partial charge in [-0.3, -0.25) is 0 Å². The highest BCUT2D eigenvalue weighted by Gasteiger charge is 2.27. The molecule has 1 heteroatoms. The van der Waals surface area contributed by atoms with Crippen LogP contribution in [0, 0.1) is 13.8 Å². The number of rotatable bonds is 7. The molecule has 6 aromatic carbocycles. The van der Waals surface area contributed by atoms with Crippen molar-refractivity contribution >= 4 is 23.8 Å². The molecular weight excluding hydrogens is 499 g/mol. The van der Waals surface area contributed by atoms with Crippen LogP contribution in [0.15, 0.2) is 158 Å². The average molecular weight is 533 g/mol. The smallest absolute Gasteiger partial charge is 0.0346 e. The second kappa shape index (κ2) is 11.9. The van der Waals surface area contributed by atoms with E-state index in [1.54, 1.807) is 0 Å². The lowest BCUT2D eigenvalue weighted by atomic mass is 9.79. The van der Waals surface area contributed by atoms with Gasteiger partial charge < -0.3 is 0 Å². The van der Waals surface area contributed by atoms with Gasteiger partial charge in [-0.25, -0.2) is 0 Å². The standard InChI is InChI=1S/C39H33P/c1-29-17-15-27-35(39(31-19-7-3-8-20-31)32-21-9-4-10-22-32)37(29)38-30(2)18-16-28-36(38)40(33-23-11-5-12-24-33)34-25-13-6-14-26-34/h3-28,39H,1-2H3. The molecule has 6 rings (SSSR count). The SMILES string of the molecule is Cc1cccc(C(c2ccccc2)c2ccccc2)c1-c1c(C)cccc1P(c1ccccc1)c1ccccc1. The summed E-state index contributed by atoms with van der Waals surface area (Å²) < 4.78 is 0. The quantitative estimate of drug-likeness (QED) is 0.142. The molecule has 0 unspecified atom stereocenters. The van der Waals surface area contributed by atoms with E-state index in [9.17, 15) is 0 Å². The Kier molecular flexibility index (Phi) is 7.71. The minimum Gasteiger partial charge on any atom is -0.0622 e. The van der Waals surface area contributed by atoms with Crippen molar-refractivity contribution < 1.29 is 0 Å². The second-order valence-electron chi connectivity index (χ2n) is 10.3. The van der Waals surface area contributed by atoms with Crippen LogP contribution >= 0.6 is 7.92 Å². The van der Waals surface area contributed by atoms with Gasteiger partial charge in [0.2, 0.25) is 0 Å². The topological polar surface area (TPSA) is 0 Å². The van der Waals surface area contributed by atoms with Crippen LogP contribution in [-0.2, 0) is 0 Å². The van der Waals surface area contributed by atoms with Gasteiger partial charge in [0.15, 0.2) is 0 Å². The van der Waals surface area contributed by atoms with Gasteiger partial charge in [-0.2, -0.15) is 0 Å². The lowest BCUT2D eigenvalue weighted by molar-refractivity contribution is 0.977. The number of hydrogen-bond donors (Lipinski definition) is 0. The molecule has 0 radical (unpaired) electrons. The van der Waals surface area contributed by atoms with Crippen molar-refractivity contribution in [1.29, 1.82) is 0 Å². The molecule has 0 N–H and O–H groups in total. The fourth-order valence-electron chi connectivity index (χ4n) is 5.86. The molecule has 194 valence electrons. The van der Waals surface area contributed by atoms with Gasteiger partial charge in [-0.1, -0.05) is 158 Å². The zero-order valence-electron chi connectivity index (χ0n) is 23.0. The van der Waals surface area contributed by atoms with E-state index in [1.807, 2.05) is 0 Å². The molecule has 0 saturated heterocycles. The molecule has 6 aromatic rings. The third-order valence-electron chi connectivity index (χ3n) is 7.65. The molecule has 0 saturated carbocycles. The van der Waals surface area contributed by atoms with Crippen LogP contribution in [0.2, 0.25) is 0 Å². The minimum absolute atomic E-state index is 0.129. The van der Waals surface area contributed by atoms with Crippen LogP contribution in [-0.4, -0.2) is 0 Å². The van der Waals surface area contributed by atoms with E-state index in [2.05, 4.69) is 172 Å². The Labute approximate surface area is 239 Å². The monoisotopic (exact) mass is 532 g/mol. The molecule has 0 bridgehead atoms. The molecule has 40 heavy (non-hydrogen) atoms. The molecule has 0 fully saturated rings. The van der Waals surface area contributed by atoms with Crippen LogP contribution in [0.25, 0.3) is 11.1 Å². The van der Waals surface area contributed by atoms with E-state index in [0.717, 1.165) is 0 Å². The Morgan fingerprint density at radius 3 is 1.32 bits per heavy atom. The van der Waals surface area contributed by atoms with E-state index in [-0.39, 0.29) is 5.92 Å². The van der Waals surface area contributed by atoms with Crippen molar-refractivity contribution in [3.8, 4) is 11.1 Å². The summed E-state index contributed by atoms with van der Waals surface area (Å²) >= 11 is 0. The van der Waals surface area contributed by atoms with Gasteiger partial charge in [0.25, 0.3) is 0 Å². The first kappa shape index (κ1) is 26.0. The van der Waals surface area contributed by atoms with Gasteiger partial charge in [0.1, 0.15) is 0 Å². The highest BCUT2D eigenvalue weighted by molar-refractivity contribution is 7.80. The lowest BCUT2D eigenvalue weighted by Crippen LogP contribution is -2.23. The maximum atomic E-state index is 2.37. The van der Waals surface area contributed by atoms with Crippen LogP contribution in [0.1, 0.15) is 33.7 Å². The van der Waals surface area contributed by atoms with Crippen molar-refractivity contribution in [1.82, 2.24) is 0 Å². The van der Waals surface area contributed by atoms with E-state index in [0.29, 0.717) is 0 Å². The van der Waals surface area contributed by atoms with E-state index >= 15 is 0 Å². The number of benzene rings is 6. The zero-order chi connectivity index (χ0) is 27.3. The van der Waals surface area contributed by atoms with Gasteiger partial charge >= 0.3 is 0 Å². The predicted octanol–water partition coefficient (Wildman–Crippen LogP) is 8.91. The van der Waals surface area contributed by atoms with Crippen LogP contribution in [0.3, 0.4) is 0 Å². The summed E-state index contributed by atoms with van der Waals surface area (Å²) in [5.41, 5.74) is 9.31. The fourth-order valence-corrected chi connectivity index (χ4v) is 8.40. The van der Waals surface area contributed by atoms with E-state index < -0.39 is 7.92 Å². The number of hydrogen-bond acceptors (Lipinski definition) is 0. The first-order chi connectivity index (χ1) is 19.7. The molecule has 0 spiro atoms. The first-order valence-corrected chi connectivity index (χ1v) is 15.3. The Balaban J connectivity index is 1.65. The lowest BCUT2D eigenvalue weighted by Gasteiger charge is -2.28. The molecule has 0 atom stereocenters. The Morgan fingerprint density at radius 2 is 0.825 bits per heavy atom. The van der Waals surface area contributed by atoms with E-state index in [4.69, 9.17) is 0 Å². The van der Waals surface area contributed by atoms with Crippen LogP contribution in [0.4, 0.5) is 0 Å². The Hall–Kier alpha value is -4.25. The fraction of sp³-hybridized carbons (Fsp3) is 0.0769. The van der Waals surface area contributed by atoms with Crippen molar-refractivity contribution in [3.63, 3.8) is 0 Å². The highest BCUT2D eigenvalue weighted by Crippen LogP contribution is 2.44. The van der Waals surface area contributed by atoms with Crippen molar-refractivity contribution in [3.05, 3.63) is 186 Å². The molecule has 0 nitrogen and oxygen atoms in total. The van der Waals surface area contributed by atoms with Crippen LogP contribution in [0.5, 0.6) is 0 Å². The molecule has 0 aliphatic rings. The third kappa shape index (κ3) is 5.16. The summed E-state index contributed by atoms with van der Waals surface area (Å²) in [7, 11) is -0.759. The normalized spacial score (nSPS) is 11.2. The summed E-state index contributed by atoms with van der Waals surface area (Å²) in [4.78, 5) is 0. The van der Waals surface area contributed by atoms with Crippen LogP contribution < -0.4 is 15.9 Å². The molecular formula is C39H33P. The minimum atomic E-state index is -0.759. The third-order valence-corrected chi connectivity index (χ3v) is 10.1. The molecule has 0 heterocycles. The van der Waals surface area contributed by atoms with Crippen molar-refractivity contribution in [2.75, 3.05) is 0 Å². The largest absolute Gasteiger partial charge is 0.0622 e. The molecule has 0 amide bonds. The summed E-state index contributed by atoms with van der Waals surface area (Å²) in [6.07, 6.45) is 0. The Bertz CT molecular complexity index is 1480. The molecule has 0 aromatic heterocycles. The average Bonchev–Trinajstić information content (AvgIpc) is 3.01. The maximum absolute atomic E-state index is 2.37. The summed E-state index contributed by atoms with van der Waals surface area (Å²) in [5.74, 6) is 0.129. The summed E-state index contributed by atoms with van der Waals surface area (Å²) in [6, 6.07) is 57.7. The Morgan fingerprint density at radius 1 is 0.400 bits per heavy atom. The van der Waals surface area contributed by atoms with E-state index in [1.165, 1.54) is 54.9 Å². The highest BCUT2D eigenvalue weighted by atomic mass is 31.1. The van der Waals surface area contributed by atoms with Crippen molar-refractivity contribution in [2.45, 2.75) is 19.8 Å². The van der Waals surface area contributed by atoms with Crippen molar-refractivity contribution in [2.24, 2.45) is 0 Å². The van der Waals surface area contributed by atoms with Gasteiger partial charge in [-0.05, 0) is 76.6 Å². The predicted molar refractivity (Wildman–Crippen MR) is 174 cm³/mol. The zero-order valence-corrected chi connectivity index (χ0v) is 23.9. The van der Waals surface area contributed by atoms with Gasteiger partial charge in [0.05, 0.1) is 0 Å². The first-order valence-electron chi connectivity index (χ1n) is 13.9. The summed E-state index contributed by atoms with van der Waals surface area (Å²) in [5, 5.41) is 4.14. The maximum Gasteiger partial charge on any atom is 0.0346 e. The molecule has 0 aliphatic heterocycles. The number of aryl methyl sites for hydroxylation is 2. The second-order valence-corrected chi connectivity index (χ2v) is 12.5.